The van der Waals surface area contributed by atoms with E-state index in [1.54, 1.807) is 0 Å². The van der Waals surface area contributed by atoms with Gasteiger partial charge in [0.25, 0.3) is 0 Å². The van der Waals surface area contributed by atoms with Gasteiger partial charge in [-0.05, 0) is 42.7 Å². The molecule has 2 rings (SSSR count). The Hall–Kier alpha value is -0.240. The highest BCUT2D eigenvalue weighted by molar-refractivity contribution is 6.22. The van der Waals surface area contributed by atoms with E-state index in [-0.39, 0.29) is 5.54 Å². The Labute approximate surface area is 126 Å². The quantitative estimate of drug-likeness (QED) is 0.771. The van der Waals surface area contributed by atoms with Crippen LogP contribution in [-0.4, -0.2) is 23.8 Å². The number of hydrogen-bond acceptors (Lipinski definition) is 1. The van der Waals surface area contributed by atoms with E-state index < -0.39 is 0 Å². The van der Waals surface area contributed by atoms with Crippen LogP contribution in [0.1, 0.15) is 43.2 Å². The Balaban J connectivity index is 2.05. The Kier molecular flexibility index (Phi) is 5.56. The van der Waals surface area contributed by atoms with Gasteiger partial charge in [0.05, 0.1) is 0 Å². The van der Waals surface area contributed by atoms with Crippen LogP contribution in [0.3, 0.4) is 0 Å². The largest absolute Gasteiger partial charge is 0.308 e. The number of halogens is 2. The zero-order valence-electron chi connectivity index (χ0n) is 11.6. The highest BCUT2D eigenvalue weighted by Gasteiger charge is 2.28. The zero-order valence-corrected chi connectivity index (χ0v) is 13.1. The van der Waals surface area contributed by atoms with E-state index in [0.717, 1.165) is 13.0 Å². The Bertz CT molecular complexity index is 393. The molecule has 0 saturated carbocycles. The topological polar surface area (TPSA) is 12.0 Å². The molecule has 1 aromatic carbocycles. The first kappa shape index (κ1) is 15.2. The molecule has 3 heteroatoms. The van der Waals surface area contributed by atoms with E-state index in [4.69, 9.17) is 23.2 Å². The molecular weight excluding hydrogens is 277 g/mol. The average Bonchev–Trinajstić information content (AvgIpc) is 2.49. The summed E-state index contributed by atoms with van der Waals surface area (Å²) in [5.41, 5.74) is 2.91. The number of hydrogen-bond donors (Lipinski definition) is 1. The maximum absolute atomic E-state index is 6.10. The molecule has 0 aliphatic heterocycles. The lowest BCUT2D eigenvalue weighted by Gasteiger charge is -2.33. The molecule has 1 aliphatic rings. The lowest BCUT2D eigenvalue weighted by molar-refractivity contribution is 0.361. The lowest BCUT2D eigenvalue weighted by atomic mass is 9.82. The summed E-state index contributed by atoms with van der Waals surface area (Å²) in [4.78, 5) is 0. The fourth-order valence-corrected chi connectivity index (χ4v) is 3.70. The Morgan fingerprint density at radius 2 is 2.00 bits per heavy atom. The first-order valence-corrected chi connectivity index (χ1v) is 8.26. The number of benzene rings is 1. The third-order valence-corrected chi connectivity index (χ3v) is 5.43. The van der Waals surface area contributed by atoms with Crippen molar-refractivity contribution in [2.75, 3.05) is 18.3 Å². The molecule has 0 spiro atoms. The smallest absolute Gasteiger partial charge is 0.0451 e. The van der Waals surface area contributed by atoms with Gasteiger partial charge in [-0.3, -0.25) is 0 Å². The highest BCUT2D eigenvalue weighted by Crippen LogP contribution is 2.31. The summed E-state index contributed by atoms with van der Waals surface area (Å²) < 4.78 is 0. The van der Waals surface area contributed by atoms with E-state index in [1.807, 2.05) is 0 Å². The van der Waals surface area contributed by atoms with Gasteiger partial charge in [0.2, 0.25) is 0 Å². The van der Waals surface area contributed by atoms with Crippen LogP contribution in [0.4, 0.5) is 0 Å². The van der Waals surface area contributed by atoms with Crippen LogP contribution in [0.25, 0.3) is 0 Å². The first-order valence-electron chi connectivity index (χ1n) is 7.19. The van der Waals surface area contributed by atoms with Crippen LogP contribution >= 0.6 is 23.2 Å². The van der Waals surface area contributed by atoms with Crippen molar-refractivity contribution in [1.82, 2.24) is 5.32 Å². The molecule has 1 nitrogen and oxygen atoms in total. The van der Waals surface area contributed by atoms with Crippen molar-refractivity contribution in [1.29, 1.82) is 0 Å². The van der Waals surface area contributed by atoms with Gasteiger partial charge in [-0.15, -0.1) is 23.2 Å². The second-order valence-electron chi connectivity index (χ2n) is 5.57. The van der Waals surface area contributed by atoms with Gasteiger partial charge in [-0.1, -0.05) is 31.2 Å². The summed E-state index contributed by atoms with van der Waals surface area (Å²) in [6.07, 6.45) is 4.73. The van der Waals surface area contributed by atoms with Crippen LogP contribution in [0, 0.1) is 0 Å². The van der Waals surface area contributed by atoms with Gasteiger partial charge in [0, 0.05) is 23.8 Å². The second kappa shape index (κ2) is 6.97. The van der Waals surface area contributed by atoms with Crippen molar-refractivity contribution < 1.29 is 0 Å². The minimum absolute atomic E-state index is 0.116. The van der Waals surface area contributed by atoms with Crippen molar-refractivity contribution in [3.05, 3.63) is 35.4 Å². The molecule has 19 heavy (non-hydrogen) atoms. The molecule has 0 amide bonds. The second-order valence-corrected chi connectivity index (χ2v) is 6.10. The number of nitrogens with one attached hydrogen (secondary N) is 1. The van der Waals surface area contributed by atoms with Crippen molar-refractivity contribution in [2.24, 2.45) is 0 Å². The van der Waals surface area contributed by atoms with Crippen molar-refractivity contribution in [3.63, 3.8) is 0 Å². The fraction of sp³-hybridized carbons (Fsp3) is 0.625. The van der Waals surface area contributed by atoms with Crippen LogP contribution < -0.4 is 5.32 Å². The summed E-state index contributed by atoms with van der Waals surface area (Å²) in [7, 11) is 0. The van der Waals surface area contributed by atoms with Gasteiger partial charge >= 0.3 is 0 Å². The zero-order chi connectivity index (χ0) is 13.7. The Morgan fingerprint density at radius 3 is 2.68 bits per heavy atom. The van der Waals surface area contributed by atoms with E-state index in [1.165, 1.54) is 30.4 Å². The molecular formula is C16H23Cl2N. The third kappa shape index (κ3) is 3.45. The third-order valence-electron chi connectivity index (χ3n) is 4.41. The van der Waals surface area contributed by atoms with E-state index in [0.29, 0.717) is 17.7 Å². The molecule has 1 aliphatic carbocycles. The van der Waals surface area contributed by atoms with Crippen molar-refractivity contribution >= 4 is 23.2 Å². The number of aryl methyl sites for hydroxylation is 1. The average molecular weight is 300 g/mol. The predicted molar refractivity (Wildman–Crippen MR) is 84.6 cm³/mol. The molecule has 0 fully saturated rings. The van der Waals surface area contributed by atoms with E-state index in [9.17, 15) is 0 Å². The summed E-state index contributed by atoms with van der Waals surface area (Å²) in [6.45, 7) is 3.12. The van der Waals surface area contributed by atoms with Crippen LogP contribution in [0.2, 0.25) is 0 Å². The lowest BCUT2D eigenvalue weighted by Crippen LogP contribution is -2.50. The van der Waals surface area contributed by atoms with Crippen molar-refractivity contribution in [3.8, 4) is 0 Å². The van der Waals surface area contributed by atoms with Crippen LogP contribution in [0.5, 0.6) is 0 Å². The van der Waals surface area contributed by atoms with Crippen molar-refractivity contribution in [2.45, 2.75) is 44.1 Å². The minimum atomic E-state index is -0.116. The number of fused-ring (bicyclic) bond motifs is 1. The summed E-state index contributed by atoms with van der Waals surface area (Å²) in [6, 6.07) is 8.82. The molecule has 106 valence electrons. The normalized spacial score (nSPS) is 19.2. The monoisotopic (exact) mass is 299 g/mol. The van der Waals surface area contributed by atoms with Crippen LogP contribution in [-0.2, 0) is 6.42 Å². The highest BCUT2D eigenvalue weighted by atomic mass is 35.5. The molecule has 0 bridgehead atoms. The van der Waals surface area contributed by atoms with Crippen LogP contribution in [0.15, 0.2) is 24.3 Å². The standard InChI is InChI=1S/C16H23Cl2N/c1-2-16(11-17,12-18)19-10-14-8-5-7-13-6-3-4-9-15(13)14/h3-4,6,9,14,19H,2,5,7-8,10-12H2,1H3. The van der Waals surface area contributed by atoms with Gasteiger partial charge in [0.15, 0.2) is 0 Å². The Morgan fingerprint density at radius 1 is 1.26 bits per heavy atom. The maximum Gasteiger partial charge on any atom is 0.0451 e. The summed E-state index contributed by atoms with van der Waals surface area (Å²) in [5, 5.41) is 3.63. The molecule has 0 radical (unpaired) electrons. The molecule has 0 heterocycles. The first-order chi connectivity index (χ1) is 9.24. The van der Waals surface area contributed by atoms with Gasteiger partial charge < -0.3 is 5.32 Å². The summed E-state index contributed by atoms with van der Waals surface area (Å²) in [5.74, 6) is 1.74. The van der Waals surface area contributed by atoms with E-state index >= 15 is 0 Å². The molecule has 0 aromatic heterocycles. The predicted octanol–water partition coefficient (Wildman–Crippen LogP) is 4.32. The SMILES string of the molecule is CCC(CCl)(CCl)NCC1CCCc2ccccc21. The number of alkyl halides is 2. The molecule has 1 atom stereocenters. The molecule has 1 N–H and O–H groups in total. The number of rotatable bonds is 6. The summed E-state index contributed by atoms with van der Waals surface area (Å²) >= 11 is 12.2. The molecule has 1 unspecified atom stereocenters. The van der Waals surface area contributed by atoms with Gasteiger partial charge in [0.1, 0.15) is 0 Å². The van der Waals surface area contributed by atoms with Gasteiger partial charge in [-0.25, -0.2) is 0 Å². The minimum Gasteiger partial charge on any atom is -0.308 e. The van der Waals surface area contributed by atoms with E-state index in [2.05, 4.69) is 36.5 Å². The molecule has 1 aromatic rings. The van der Waals surface area contributed by atoms with Gasteiger partial charge in [-0.2, -0.15) is 0 Å². The fourth-order valence-electron chi connectivity index (χ4n) is 2.85. The molecule has 0 saturated heterocycles. The maximum atomic E-state index is 6.10.